The van der Waals surface area contributed by atoms with E-state index < -0.39 is 0 Å². The van der Waals surface area contributed by atoms with Crippen molar-refractivity contribution in [2.75, 3.05) is 30.4 Å². The van der Waals surface area contributed by atoms with Crippen LogP contribution in [0.3, 0.4) is 0 Å². The maximum Gasteiger partial charge on any atom is 0.236 e. The van der Waals surface area contributed by atoms with Crippen LogP contribution in [0.15, 0.2) is 18.6 Å². The number of carbonyl (C=O) groups excluding carboxylic acids is 2. The first-order valence-corrected chi connectivity index (χ1v) is 11.4. The van der Waals surface area contributed by atoms with Gasteiger partial charge in [0.1, 0.15) is 18.6 Å². The zero-order valence-corrected chi connectivity index (χ0v) is 19.0. The number of fused-ring (bicyclic) bond motifs is 1. The van der Waals surface area contributed by atoms with Crippen molar-refractivity contribution in [1.82, 2.24) is 19.4 Å². The van der Waals surface area contributed by atoms with Gasteiger partial charge in [0.15, 0.2) is 5.65 Å². The summed E-state index contributed by atoms with van der Waals surface area (Å²) >= 11 is 3.39. The van der Waals surface area contributed by atoms with Crippen molar-refractivity contribution in [2.45, 2.75) is 45.1 Å². The van der Waals surface area contributed by atoms with Gasteiger partial charge in [-0.25, -0.2) is 9.97 Å². The predicted octanol–water partition coefficient (Wildman–Crippen LogP) is 3.22. The van der Waals surface area contributed by atoms with Crippen LogP contribution in [0.4, 0.5) is 5.82 Å². The Morgan fingerprint density at radius 1 is 1.33 bits per heavy atom. The lowest BCUT2D eigenvalue weighted by Gasteiger charge is -2.42. The molecule has 160 valence electrons. The van der Waals surface area contributed by atoms with Gasteiger partial charge in [0, 0.05) is 38.1 Å². The van der Waals surface area contributed by atoms with Crippen molar-refractivity contribution in [3.05, 3.63) is 18.6 Å². The van der Waals surface area contributed by atoms with Gasteiger partial charge < -0.3 is 9.80 Å². The fourth-order valence-corrected chi connectivity index (χ4v) is 4.42. The minimum Gasteiger partial charge on any atom is -0.354 e. The molecule has 2 atom stereocenters. The van der Waals surface area contributed by atoms with Gasteiger partial charge in [-0.1, -0.05) is 22.9 Å². The highest BCUT2D eigenvalue weighted by Gasteiger charge is 2.32. The molecule has 0 spiro atoms. The number of rotatable bonds is 7. The molecule has 1 fully saturated rings. The molecule has 0 saturated carbocycles. The van der Waals surface area contributed by atoms with Crippen LogP contribution in [-0.2, 0) is 4.79 Å². The van der Waals surface area contributed by atoms with Crippen molar-refractivity contribution < 1.29 is 9.59 Å². The number of piperidine rings is 1. The fourth-order valence-electron chi connectivity index (χ4n) is 4.03. The Labute approximate surface area is 185 Å². The highest BCUT2D eigenvalue weighted by Crippen LogP contribution is 2.29. The van der Waals surface area contributed by atoms with E-state index in [1.165, 1.54) is 6.33 Å². The summed E-state index contributed by atoms with van der Waals surface area (Å²) in [7, 11) is 1.97. The molecule has 0 bridgehead atoms. The Kier molecular flexibility index (Phi) is 7.43. The molecule has 8 nitrogen and oxygen atoms in total. The molecule has 9 heteroatoms. The van der Waals surface area contributed by atoms with Crippen LogP contribution in [0, 0.1) is 17.2 Å². The second-order valence-corrected chi connectivity index (χ2v) is 8.57. The molecule has 0 radical (unpaired) electrons. The third-order valence-electron chi connectivity index (χ3n) is 5.84. The van der Waals surface area contributed by atoms with E-state index in [0.29, 0.717) is 31.1 Å². The SMILES string of the molecule is C[C@@H]1CCN(C(=O)CC#N)C[C@@H]1N(C)c1ncnc2c1ccn2C(=O)CCCCBr. The van der Waals surface area contributed by atoms with Crippen molar-refractivity contribution >= 4 is 44.6 Å². The quantitative estimate of drug-likeness (QED) is 0.451. The maximum atomic E-state index is 12.6. The smallest absolute Gasteiger partial charge is 0.236 e. The van der Waals surface area contributed by atoms with Crippen molar-refractivity contribution in [3.63, 3.8) is 0 Å². The van der Waals surface area contributed by atoms with E-state index in [9.17, 15) is 9.59 Å². The Balaban J connectivity index is 1.84. The standard InChI is InChI=1S/C21H27BrN6O2/c1-15-7-11-27(18(29)6-10-23)13-17(15)26(2)20-16-8-12-28(21(16)25-14-24-20)19(30)5-3-4-9-22/h8,12,14-15,17H,3-7,9,11,13H2,1-2H3/t15-,17+/m1/s1. The predicted molar refractivity (Wildman–Crippen MR) is 119 cm³/mol. The van der Waals surface area contributed by atoms with E-state index in [1.54, 1.807) is 15.7 Å². The summed E-state index contributed by atoms with van der Waals surface area (Å²) in [5.74, 6) is 1.01. The number of anilines is 1. The van der Waals surface area contributed by atoms with Gasteiger partial charge in [-0.3, -0.25) is 14.2 Å². The maximum absolute atomic E-state index is 12.6. The summed E-state index contributed by atoms with van der Waals surface area (Å²) in [6, 6.07) is 3.90. The largest absolute Gasteiger partial charge is 0.354 e. The molecule has 1 amide bonds. The van der Waals surface area contributed by atoms with E-state index in [0.717, 1.165) is 35.8 Å². The average molecular weight is 475 g/mol. The van der Waals surface area contributed by atoms with E-state index in [1.807, 2.05) is 19.2 Å². The van der Waals surface area contributed by atoms with Gasteiger partial charge >= 0.3 is 0 Å². The van der Waals surface area contributed by atoms with E-state index in [4.69, 9.17) is 5.26 Å². The molecule has 3 rings (SSSR count). The number of likely N-dealkylation sites (N-methyl/N-ethyl adjacent to an activating group) is 1. The topological polar surface area (TPSA) is 95.1 Å². The van der Waals surface area contributed by atoms with Crippen LogP contribution in [-0.4, -0.2) is 62.8 Å². The second-order valence-electron chi connectivity index (χ2n) is 7.78. The highest BCUT2D eigenvalue weighted by atomic mass is 79.9. The molecule has 1 saturated heterocycles. The summed E-state index contributed by atoms with van der Waals surface area (Å²) in [6.45, 7) is 3.39. The molecular formula is C21H27BrN6O2. The zero-order chi connectivity index (χ0) is 21.7. The first kappa shape index (κ1) is 22.2. The molecule has 30 heavy (non-hydrogen) atoms. The third-order valence-corrected chi connectivity index (χ3v) is 6.40. The zero-order valence-electron chi connectivity index (χ0n) is 17.4. The number of nitrogens with zero attached hydrogens (tertiary/aromatic N) is 6. The summed E-state index contributed by atoms with van der Waals surface area (Å²) in [4.78, 5) is 37.5. The molecule has 0 aromatic carbocycles. The number of nitriles is 1. The molecule has 1 aliphatic rings. The Bertz CT molecular complexity index is 953. The van der Waals surface area contributed by atoms with Gasteiger partial charge in [-0.2, -0.15) is 5.26 Å². The number of carbonyl (C=O) groups is 2. The Morgan fingerprint density at radius 2 is 2.13 bits per heavy atom. The van der Waals surface area contributed by atoms with Crippen LogP contribution in [0.2, 0.25) is 0 Å². The van der Waals surface area contributed by atoms with Gasteiger partial charge in [-0.05, 0) is 31.2 Å². The van der Waals surface area contributed by atoms with Crippen LogP contribution >= 0.6 is 15.9 Å². The molecule has 0 N–H and O–H groups in total. The number of likely N-dealkylation sites (tertiary alicyclic amines) is 1. The number of hydrogen-bond acceptors (Lipinski definition) is 6. The minimum atomic E-state index is -0.129. The first-order chi connectivity index (χ1) is 14.5. The average Bonchev–Trinajstić information content (AvgIpc) is 3.18. The molecule has 0 aliphatic carbocycles. The summed E-state index contributed by atoms with van der Waals surface area (Å²) < 4.78 is 1.61. The lowest BCUT2D eigenvalue weighted by molar-refractivity contribution is -0.131. The van der Waals surface area contributed by atoms with Crippen LogP contribution in [0.1, 0.15) is 43.8 Å². The summed E-state index contributed by atoms with van der Waals surface area (Å²) in [5.41, 5.74) is 0.608. The lowest BCUT2D eigenvalue weighted by Crippen LogP contribution is -2.52. The van der Waals surface area contributed by atoms with E-state index in [-0.39, 0.29) is 24.3 Å². The summed E-state index contributed by atoms with van der Waals surface area (Å²) in [6.07, 6.45) is 6.28. The van der Waals surface area contributed by atoms with Crippen LogP contribution in [0.5, 0.6) is 0 Å². The van der Waals surface area contributed by atoms with Gasteiger partial charge in [0.2, 0.25) is 11.8 Å². The molecule has 0 unspecified atom stereocenters. The number of hydrogen-bond donors (Lipinski definition) is 0. The Hall–Kier alpha value is -2.47. The summed E-state index contributed by atoms with van der Waals surface area (Å²) in [5, 5.41) is 10.6. The van der Waals surface area contributed by atoms with Crippen LogP contribution in [0.25, 0.3) is 11.0 Å². The van der Waals surface area contributed by atoms with Gasteiger partial charge in [0.25, 0.3) is 0 Å². The molecule has 2 aromatic rings. The van der Waals surface area contributed by atoms with Crippen molar-refractivity contribution in [3.8, 4) is 6.07 Å². The number of halogens is 1. The first-order valence-electron chi connectivity index (χ1n) is 10.3. The fraction of sp³-hybridized carbons (Fsp3) is 0.571. The number of alkyl halides is 1. The monoisotopic (exact) mass is 474 g/mol. The number of amides is 1. The number of unbranched alkanes of at least 4 members (excludes halogenated alkanes) is 1. The van der Waals surface area contributed by atoms with E-state index >= 15 is 0 Å². The normalized spacial score (nSPS) is 18.9. The van der Waals surface area contributed by atoms with E-state index in [2.05, 4.69) is 37.7 Å². The Morgan fingerprint density at radius 3 is 2.87 bits per heavy atom. The van der Waals surface area contributed by atoms with Crippen molar-refractivity contribution in [2.24, 2.45) is 5.92 Å². The molecule has 3 heterocycles. The highest BCUT2D eigenvalue weighted by molar-refractivity contribution is 9.09. The number of aromatic nitrogens is 3. The molecule has 1 aliphatic heterocycles. The second kappa shape index (κ2) is 10.0. The van der Waals surface area contributed by atoms with Gasteiger partial charge in [-0.15, -0.1) is 0 Å². The molecular weight excluding hydrogens is 448 g/mol. The minimum absolute atomic E-state index is 0.0255. The third kappa shape index (κ3) is 4.64. The van der Waals surface area contributed by atoms with Crippen LogP contribution < -0.4 is 4.90 Å². The van der Waals surface area contributed by atoms with Crippen molar-refractivity contribution in [1.29, 1.82) is 5.26 Å². The van der Waals surface area contributed by atoms with Gasteiger partial charge in [0.05, 0.1) is 17.5 Å². The lowest BCUT2D eigenvalue weighted by atomic mass is 9.92. The molecule has 2 aromatic heterocycles.